The second-order valence-electron chi connectivity index (χ2n) is 6.10. The topological polar surface area (TPSA) is 80.9 Å². The molecule has 0 saturated carbocycles. The fourth-order valence-electron chi connectivity index (χ4n) is 3.06. The minimum Gasteiger partial charge on any atom is -0.331 e. The summed E-state index contributed by atoms with van der Waals surface area (Å²) in [7, 11) is 1.90. The van der Waals surface area contributed by atoms with Gasteiger partial charge in [-0.25, -0.2) is 14.5 Å². The summed E-state index contributed by atoms with van der Waals surface area (Å²) in [4.78, 5) is 18.4. The highest BCUT2D eigenvalue weighted by Crippen LogP contribution is 2.21. The van der Waals surface area contributed by atoms with Gasteiger partial charge in [0.25, 0.3) is 0 Å². The second kappa shape index (κ2) is 6.39. The number of nitrogens with zero attached hydrogens (tertiary/aromatic N) is 6. The molecule has 23 heavy (non-hydrogen) atoms. The third-order valence-corrected chi connectivity index (χ3v) is 4.57. The van der Waals surface area contributed by atoms with Gasteiger partial charge in [-0.15, -0.1) is 0 Å². The number of likely N-dealkylation sites (tertiary alicyclic amines) is 1. The Bertz CT molecular complexity index is 663. The van der Waals surface area contributed by atoms with E-state index in [0.29, 0.717) is 6.54 Å². The lowest BCUT2D eigenvalue weighted by molar-refractivity contribution is 0.160. The predicted octanol–water partition coefficient (Wildman–Crippen LogP) is 1.43. The number of hydrogen-bond donors (Lipinski definition) is 1. The maximum atomic E-state index is 12.6. The molecule has 1 aliphatic heterocycles. The standard InChI is InChI=1S/C15H23N7O/c1-11(14-7-17-20(3)12(14)2)19-15(23)21-6-4-5-13(8-21)22-10-16-9-18-22/h7,9-11,13H,4-6,8H2,1-3H3,(H,19,23)/t11-,13+/m0/s1. The highest BCUT2D eigenvalue weighted by Gasteiger charge is 2.26. The van der Waals surface area contributed by atoms with Crippen LogP contribution in [0.25, 0.3) is 0 Å². The van der Waals surface area contributed by atoms with E-state index in [1.165, 1.54) is 6.33 Å². The van der Waals surface area contributed by atoms with E-state index in [2.05, 4.69) is 20.5 Å². The van der Waals surface area contributed by atoms with Crippen LogP contribution in [0.5, 0.6) is 0 Å². The molecule has 0 aliphatic carbocycles. The van der Waals surface area contributed by atoms with Gasteiger partial charge in [0, 0.05) is 31.4 Å². The number of aromatic nitrogens is 5. The van der Waals surface area contributed by atoms with Crippen LogP contribution < -0.4 is 5.32 Å². The monoisotopic (exact) mass is 317 g/mol. The minimum absolute atomic E-state index is 0.0365. The SMILES string of the molecule is Cc1c([C@H](C)NC(=O)N2CCC[C@@H](n3cncn3)C2)cnn1C. The van der Waals surface area contributed by atoms with Crippen molar-refractivity contribution in [1.29, 1.82) is 0 Å². The Labute approximate surface area is 135 Å². The molecular formula is C15H23N7O. The van der Waals surface area contributed by atoms with Crippen molar-refractivity contribution in [3.63, 3.8) is 0 Å². The third-order valence-electron chi connectivity index (χ3n) is 4.57. The zero-order valence-electron chi connectivity index (χ0n) is 13.8. The van der Waals surface area contributed by atoms with Crippen molar-refractivity contribution in [2.24, 2.45) is 7.05 Å². The number of amides is 2. The molecule has 2 aromatic rings. The Hall–Kier alpha value is -2.38. The van der Waals surface area contributed by atoms with E-state index < -0.39 is 0 Å². The summed E-state index contributed by atoms with van der Waals surface area (Å²) in [6.45, 7) is 5.43. The second-order valence-corrected chi connectivity index (χ2v) is 6.10. The fraction of sp³-hybridized carbons (Fsp3) is 0.600. The molecule has 1 fully saturated rings. The number of piperidine rings is 1. The average molecular weight is 317 g/mol. The Morgan fingerprint density at radius 3 is 2.91 bits per heavy atom. The van der Waals surface area contributed by atoms with Gasteiger partial charge in [0.2, 0.25) is 0 Å². The van der Waals surface area contributed by atoms with Crippen LogP contribution in [0.2, 0.25) is 0 Å². The van der Waals surface area contributed by atoms with Crippen LogP contribution in [0.15, 0.2) is 18.9 Å². The van der Waals surface area contributed by atoms with Crippen LogP contribution in [0.4, 0.5) is 4.79 Å². The summed E-state index contributed by atoms with van der Waals surface area (Å²) in [5.41, 5.74) is 2.11. The van der Waals surface area contributed by atoms with Crippen LogP contribution in [-0.4, -0.2) is 48.6 Å². The van der Waals surface area contributed by atoms with E-state index in [1.807, 2.05) is 41.4 Å². The molecule has 1 N–H and O–H groups in total. The van der Waals surface area contributed by atoms with E-state index in [9.17, 15) is 4.79 Å². The summed E-state index contributed by atoms with van der Waals surface area (Å²) in [5.74, 6) is 0. The molecule has 0 aromatic carbocycles. The van der Waals surface area contributed by atoms with Gasteiger partial charge in [-0.1, -0.05) is 0 Å². The van der Waals surface area contributed by atoms with Gasteiger partial charge >= 0.3 is 6.03 Å². The molecule has 8 heteroatoms. The van der Waals surface area contributed by atoms with Crippen LogP contribution in [-0.2, 0) is 7.05 Å². The Balaban J connectivity index is 1.62. The smallest absolute Gasteiger partial charge is 0.317 e. The summed E-state index contributed by atoms with van der Waals surface area (Å²) in [6.07, 6.45) is 7.05. The molecule has 8 nitrogen and oxygen atoms in total. The van der Waals surface area contributed by atoms with E-state index in [0.717, 1.165) is 30.6 Å². The van der Waals surface area contributed by atoms with Gasteiger partial charge < -0.3 is 10.2 Å². The molecule has 1 saturated heterocycles. The highest BCUT2D eigenvalue weighted by atomic mass is 16.2. The lowest BCUT2D eigenvalue weighted by Gasteiger charge is -2.33. The third kappa shape index (κ3) is 3.20. The van der Waals surface area contributed by atoms with Crippen LogP contribution in [0.3, 0.4) is 0 Å². The molecular weight excluding hydrogens is 294 g/mol. The normalized spacial score (nSPS) is 19.6. The van der Waals surface area contributed by atoms with Crippen molar-refractivity contribution in [2.75, 3.05) is 13.1 Å². The van der Waals surface area contributed by atoms with Crippen molar-refractivity contribution < 1.29 is 4.79 Å². The highest BCUT2D eigenvalue weighted by molar-refractivity contribution is 5.74. The molecule has 124 valence electrons. The molecule has 2 aromatic heterocycles. The van der Waals surface area contributed by atoms with Gasteiger partial charge in [0.05, 0.1) is 18.3 Å². The van der Waals surface area contributed by atoms with Crippen molar-refractivity contribution in [2.45, 2.75) is 38.8 Å². The number of carbonyl (C=O) groups excluding carboxylic acids is 1. The first-order chi connectivity index (χ1) is 11.1. The van der Waals surface area contributed by atoms with Crippen LogP contribution in [0.1, 0.15) is 43.1 Å². The van der Waals surface area contributed by atoms with Crippen molar-refractivity contribution in [3.05, 3.63) is 30.1 Å². The number of aryl methyl sites for hydroxylation is 1. The summed E-state index contributed by atoms with van der Waals surface area (Å²) in [6, 6.07) is 0.0981. The number of rotatable bonds is 3. The molecule has 0 unspecified atom stereocenters. The van der Waals surface area contributed by atoms with Gasteiger partial charge in [-0.05, 0) is 26.7 Å². The summed E-state index contributed by atoms with van der Waals surface area (Å²) in [5, 5.41) is 11.5. The maximum Gasteiger partial charge on any atom is 0.317 e. The van der Waals surface area contributed by atoms with Gasteiger partial charge in [0.15, 0.2) is 0 Å². The summed E-state index contributed by atoms with van der Waals surface area (Å²) < 4.78 is 3.66. The molecule has 2 amide bonds. The van der Waals surface area contributed by atoms with Gasteiger partial charge in [0.1, 0.15) is 12.7 Å². The molecule has 0 bridgehead atoms. The summed E-state index contributed by atoms with van der Waals surface area (Å²) >= 11 is 0. The molecule has 2 atom stereocenters. The average Bonchev–Trinajstić information content (AvgIpc) is 3.19. The predicted molar refractivity (Wildman–Crippen MR) is 84.8 cm³/mol. The molecule has 0 spiro atoms. The fourth-order valence-corrected chi connectivity index (χ4v) is 3.06. The van der Waals surface area contributed by atoms with Crippen molar-refractivity contribution >= 4 is 6.03 Å². The van der Waals surface area contributed by atoms with E-state index in [-0.39, 0.29) is 18.1 Å². The Morgan fingerprint density at radius 1 is 1.43 bits per heavy atom. The first-order valence-electron chi connectivity index (χ1n) is 7.94. The first-order valence-corrected chi connectivity index (χ1v) is 7.94. The van der Waals surface area contributed by atoms with E-state index in [4.69, 9.17) is 0 Å². The lowest BCUT2D eigenvalue weighted by atomic mass is 10.1. The Morgan fingerprint density at radius 2 is 2.26 bits per heavy atom. The zero-order valence-corrected chi connectivity index (χ0v) is 13.8. The van der Waals surface area contributed by atoms with Gasteiger partial charge in [-0.3, -0.25) is 4.68 Å². The van der Waals surface area contributed by atoms with Gasteiger partial charge in [-0.2, -0.15) is 10.2 Å². The van der Waals surface area contributed by atoms with Crippen LogP contribution >= 0.6 is 0 Å². The Kier molecular flexibility index (Phi) is 4.31. The zero-order chi connectivity index (χ0) is 16.4. The number of urea groups is 1. The molecule has 1 aliphatic rings. The number of carbonyl (C=O) groups is 1. The minimum atomic E-state index is -0.0667. The quantitative estimate of drug-likeness (QED) is 0.928. The molecule has 3 heterocycles. The number of hydrogen-bond acceptors (Lipinski definition) is 4. The number of nitrogens with one attached hydrogen (secondary N) is 1. The van der Waals surface area contributed by atoms with Crippen molar-refractivity contribution in [3.8, 4) is 0 Å². The molecule has 0 radical (unpaired) electrons. The van der Waals surface area contributed by atoms with Crippen LogP contribution in [0, 0.1) is 6.92 Å². The van der Waals surface area contributed by atoms with E-state index >= 15 is 0 Å². The largest absolute Gasteiger partial charge is 0.331 e. The molecule has 3 rings (SSSR count). The first kappa shape index (κ1) is 15.5. The van der Waals surface area contributed by atoms with E-state index in [1.54, 1.807) is 6.33 Å². The maximum absolute atomic E-state index is 12.6. The lowest BCUT2D eigenvalue weighted by Crippen LogP contribution is -2.46. The van der Waals surface area contributed by atoms with Crippen molar-refractivity contribution in [1.82, 2.24) is 34.8 Å².